The van der Waals surface area contributed by atoms with Crippen LogP contribution in [0, 0.1) is 20.8 Å². The standard InChI is InChI=1S/C19H20N4.C7H10N2/c1-2-6-15(7-3-1)14-18-16-8-4-5-9-17(16)19(22-21-18)23-12-10-20-11-13-23;1-5-4-6(2)9-7(3)8-5/h1-9,20H,10-14H2;4H,1-3H3. The molecule has 1 aliphatic rings. The predicted molar refractivity (Wildman–Crippen MR) is 130 cm³/mol. The lowest BCUT2D eigenvalue weighted by molar-refractivity contribution is 0.584. The molecule has 2 aromatic heterocycles. The molecule has 0 bridgehead atoms. The molecule has 1 aliphatic heterocycles. The molecule has 0 unspecified atom stereocenters. The molecule has 164 valence electrons. The smallest absolute Gasteiger partial charge is 0.159 e. The van der Waals surface area contributed by atoms with Crippen LogP contribution in [0.3, 0.4) is 0 Å². The van der Waals surface area contributed by atoms with Gasteiger partial charge < -0.3 is 10.2 Å². The summed E-state index contributed by atoms with van der Waals surface area (Å²) in [6.45, 7) is 9.82. The highest BCUT2D eigenvalue weighted by atomic mass is 15.3. The van der Waals surface area contributed by atoms with Crippen LogP contribution in [-0.4, -0.2) is 46.3 Å². The van der Waals surface area contributed by atoms with Crippen molar-refractivity contribution in [3.63, 3.8) is 0 Å². The Labute approximate surface area is 189 Å². The lowest BCUT2D eigenvalue weighted by Crippen LogP contribution is -2.44. The summed E-state index contributed by atoms with van der Waals surface area (Å²) in [5.74, 6) is 1.87. The van der Waals surface area contributed by atoms with E-state index in [0.29, 0.717) is 0 Å². The van der Waals surface area contributed by atoms with Gasteiger partial charge in [-0.15, -0.1) is 5.10 Å². The van der Waals surface area contributed by atoms with Crippen LogP contribution in [0.4, 0.5) is 5.82 Å². The third-order valence-corrected chi connectivity index (χ3v) is 5.47. The summed E-state index contributed by atoms with van der Waals surface area (Å²) in [7, 11) is 0. The Bertz CT molecular complexity index is 1120. The van der Waals surface area contributed by atoms with Crippen molar-refractivity contribution in [3.05, 3.63) is 89.1 Å². The Kier molecular flexibility index (Phi) is 7.02. The number of anilines is 1. The molecule has 0 aliphatic carbocycles. The minimum Gasteiger partial charge on any atom is -0.352 e. The zero-order valence-corrected chi connectivity index (χ0v) is 19.0. The third-order valence-electron chi connectivity index (χ3n) is 5.47. The summed E-state index contributed by atoms with van der Waals surface area (Å²) in [6.07, 6.45) is 0.816. The molecule has 2 aromatic carbocycles. The molecule has 0 saturated carbocycles. The minimum atomic E-state index is 0.816. The van der Waals surface area contributed by atoms with Crippen molar-refractivity contribution in [1.82, 2.24) is 25.5 Å². The van der Waals surface area contributed by atoms with Gasteiger partial charge in [0.1, 0.15) is 5.82 Å². The quantitative estimate of drug-likeness (QED) is 0.533. The van der Waals surface area contributed by atoms with Crippen LogP contribution in [0.5, 0.6) is 0 Å². The molecule has 4 aromatic rings. The third kappa shape index (κ3) is 5.45. The first-order chi connectivity index (χ1) is 15.6. The molecule has 3 heterocycles. The number of hydrogen-bond acceptors (Lipinski definition) is 6. The number of hydrogen-bond donors (Lipinski definition) is 1. The highest BCUT2D eigenvalue weighted by Crippen LogP contribution is 2.27. The molecular weight excluding hydrogens is 396 g/mol. The van der Waals surface area contributed by atoms with E-state index < -0.39 is 0 Å². The Hall–Kier alpha value is -3.38. The fourth-order valence-electron chi connectivity index (χ4n) is 4.08. The summed E-state index contributed by atoms with van der Waals surface area (Å²) in [6, 6.07) is 20.9. The van der Waals surface area contributed by atoms with Crippen molar-refractivity contribution >= 4 is 16.6 Å². The Morgan fingerprint density at radius 1 is 0.781 bits per heavy atom. The second-order valence-corrected chi connectivity index (χ2v) is 8.11. The summed E-state index contributed by atoms with van der Waals surface area (Å²) in [5, 5.41) is 14.9. The van der Waals surface area contributed by atoms with Crippen molar-refractivity contribution in [2.24, 2.45) is 0 Å². The average molecular weight is 427 g/mol. The number of fused-ring (bicyclic) bond motifs is 1. The van der Waals surface area contributed by atoms with Crippen LogP contribution in [0.2, 0.25) is 0 Å². The number of aryl methyl sites for hydroxylation is 3. The maximum atomic E-state index is 4.57. The summed E-state index contributed by atoms with van der Waals surface area (Å²) < 4.78 is 0. The average Bonchev–Trinajstić information content (AvgIpc) is 2.80. The lowest BCUT2D eigenvalue weighted by atomic mass is 10.0. The van der Waals surface area contributed by atoms with Crippen LogP contribution < -0.4 is 10.2 Å². The molecule has 5 rings (SSSR count). The number of piperazine rings is 1. The summed E-state index contributed by atoms with van der Waals surface area (Å²) in [5.41, 5.74) is 4.40. The molecule has 0 spiro atoms. The molecule has 1 N–H and O–H groups in total. The van der Waals surface area contributed by atoms with Gasteiger partial charge in [-0.25, -0.2) is 9.97 Å². The van der Waals surface area contributed by atoms with Crippen LogP contribution in [0.25, 0.3) is 10.8 Å². The number of aromatic nitrogens is 4. The van der Waals surface area contributed by atoms with E-state index in [1.54, 1.807) is 0 Å². The van der Waals surface area contributed by atoms with E-state index in [9.17, 15) is 0 Å². The Morgan fingerprint density at radius 2 is 1.41 bits per heavy atom. The van der Waals surface area contributed by atoms with E-state index in [1.807, 2.05) is 32.9 Å². The second kappa shape index (κ2) is 10.3. The van der Waals surface area contributed by atoms with Gasteiger partial charge in [0.25, 0.3) is 0 Å². The Balaban J connectivity index is 0.000000230. The van der Waals surface area contributed by atoms with Crippen LogP contribution in [0.1, 0.15) is 28.5 Å². The highest BCUT2D eigenvalue weighted by molar-refractivity contribution is 5.93. The van der Waals surface area contributed by atoms with Crippen molar-refractivity contribution in [1.29, 1.82) is 0 Å². The van der Waals surface area contributed by atoms with Crippen molar-refractivity contribution < 1.29 is 0 Å². The zero-order valence-electron chi connectivity index (χ0n) is 19.0. The molecule has 1 fully saturated rings. The molecule has 6 heteroatoms. The van der Waals surface area contributed by atoms with E-state index in [0.717, 1.165) is 61.3 Å². The molecule has 32 heavy (non-hydrogen) atoms. The first kappa shape index (κ1) is 21.8. The fraction of sp³-hybridized carbons (Fsp3) is 0.308. The van der Waals surface area contributed by atoms with Crippen LogP contribution in [-0.2, 0) is 6.42 Å². The molecule has 6 nitrogen and oxygen atoms in total. The molecule has 1 saturated heterocycles. The Morgan fingerprint density at radius 3 is 2.06 bits per heavy atom. The van der Waals surface area contributed by atoms with Gasteiger partial charge in [0.2, 0.25) is 0 Å². The number of rotatable bonds is 3. The van der Waals surface area contributed by atoms with E-state index in [2.05, 4.69) is 78.9 Å². The molecule has 0 atom stereocenters. The summed E-state index contributed by atoms with van der Waals surface area (Å²) >= 11 is 0. The highest BCUT2D eigenvalue weighted by Gasteiger charge is 2.17. The van der Waals surface area contributed by atoms with E-state index >= 15 is 0 Å². The first-order valence-electron chi connectivity index (χ1n) is 11.1. The first-order valence-corrected chi connectivity index (χ1v) is 11.1. The predicted octanol–water partition coefficient (Wildman–Crippen LogP) is 4.03. The van der Waals surface area contributed by atoms with E-state index in [-0.39, 0.29) is 0 Å². The van der Waals surface area contributed by atoms with Gasteiger partial charge in [-0.1, -0.05) is 54.6 Å². The van der Waals surface area contributed by atoms with Crippen LogP contribution >= 0.6 is 0 Å². The molecule has 0 radical (unpaired) electrons. The van der Waals surface area contributed by atoms with Gasteiger partial charge in [-0.3, -0.25) is 0 Å². The number of nitrogens with one attached hydrogen (secondary N) is 1. The van der Waals surface area contributed by atoms with Gasteiger partial charge in [-0.05, 0) is 32.4 Å². The van der Waals surface area contributed by atoms with Gasteiger partial charge in [0, 0.05) is 54.8 Å². The maximum Gasteiger partial charge on any atom is 0.159 e. The van der Waals surface area contributed by atoms with Gasteiger partial charge >= 0.3 is 0 Å². The van der Waals surface area contributed by atoms with Gasteiger partial charge in [0.15, 0.2) is 5.82 Å². The molecule has 0 amide bonds. The number of nitrogens with zero attached hydrogens (tertiary/aromatic N) is 5. The minimum absolute atomic E-state index is 0.816. The van der Waals surface area contributed by atoms with Crippen molar-refractivity contribution in [2.75, 3.05) is 31.1 Å². The van der Waals surface area contributed by atoms with Crippen molar-refractivity contribution in [2.45, 2.75) is 27.2 Å². The van der Waals surface area contributed by atoms with Gasteiger partial charge in [-0.2, -0.15) is 5.10 Å². The topological polar surface area (TPSA) is 66.8 Å². The normalized spacial score (nSPS) is 13.5. The molecular formula is C26H30N6. The monoisotopic (exact) mass is 426 g/mol. The van der Waals surface area contributed by atoms with Gasteiger partial charge in [0.05, 0.1) is 5.69 Å². The largest absolute Gasteiger partial charge is 0.352 e. The number of benzene rings is 2. The zero-order chi connectivity index (χ0) is 22.3. The lowest BCUT2D eigenvalue weighted by Gasteiger charge is -2.29. The maximum absolute atomic E-state index is 4.57. The second-order valence-electron chi connectivity index (χ2n) is 8.11. The summed E-state index contributed by atoms with van der Waals surface area (Å²) in [4.78, 5) is 10.6. The van der Waals surface area contributed by atoms with Crippen LogP contribution in [0.15, 0.2) is 60.7 Å². The fourth-order valence-corrected chi connectivity index (χ4v) is 4.08. The van der Waals surface area contributed by atoms with Crippen molar-refractivity contribution in [3.8, 4) is 0 Å². The van der Waals surface area contributed by atoms with E-state index in [1.165, 1.54) is 16.3 Å². The van der Waals surface area contributed by atoms with E-state index in [4.69, 9.17) is 0 Å². The SMILES string of the molecule is Cc1cc(C)nc(C)n1.c1ccc(Cc2nnc(N3CCNCC3)c3ccccc23)cc1.